The molecule has 1 saturated carbocycles. The van der Waals surface area contributed by atoms with Crippen LogP contribution in [0, 0.1) is 5.92 Å². The van der Waals surface area contributed by atoms with Gasteiger partial charge in [0.2, 0.25) is 0 Å². The number of para-hydroxylation sites is 1. The lowest BCUT2D eigenvalue weighted by molar-refractivity contribution is -0.141. The van der Waals surface area contributed by atoms with Crippen molar-refractivity contribution in [1.29, 1.82) is 0 Å². The number of hydrogen-bond acceptors (Lipinski definition) is 3. The Hall–Kier alpha value is -1.84. The van der Waals surface area contributed by atoms with Crippen LogP contribution >= 0.6 is 0 Å². The molecular weight excluding hydrogens is 216 g/mol. The van der Waals surface area contributed by atoms with E-state index in [4.69, 9.17) is 5.11 Å². The van der Waals surface area contributed by atoms with Crippen molar-refractivity contribution in [2.75, 3.05) is 5.43 Å². The first-order chi connectivity index (χ1) is 8.25. The molecule has 2 N–H and O–H groups in total. The number of rotatable bonds is 3. The summed E-state index contributed by atoms with van der Waals surface area (Å²) < 4.78 is 0. The molecule has 1 aliphatic rings. The van der Waals surface area contributed by atoms with E-state index in [1.54, 1.807) is 0 Å². The Balaban J connectivity index is 1.95. The van der Waals surface area contributed by atoms with Gasteiger partial charge in [0.25, 0.3) is 0 Å². The molecule has 0 aromatic heterocycles. The van der Waals surface area contributed by atoms with Crippen LogP contribution in [0.4, 0.5) is 5.69 Å². The van der Waals surface area contributed by atoms with E-state index in [0.717, 1.165) is 30.7 Å². The molecule has 90 valence electrons. The maximum Gasteiger partial charge on any atom is 0.306 e. The molecule has 4 nitrogen and oxygen atoms in total. The van der Waals surface area contributed by atoms with Gasteiger partial charge in [-0.05, 0) is 31.4 Å². The van der Waals surface area contributed by atoms with E-state index in [0.29, 0.717) is 6.42 Å². The summed E-state index contributed by atoms with van der Waals surface area (Å²) in [7, 11) is 0. The van der Waals surface area contributed by atoms with Crippen LogP contribution in [0.2, 0.25) is 0 Å². The first-order valence-electron chi connectivity index (χ1n) is 5.85. The number of hydrazone groups is 1. The average Bonchev–Trinajstić information content (AvgIpc) is 2.38. The Kier molecular flexibility index (Phi) is 3.75. The standard InChI is InChI=1S/C13H16N2O2/c16-13(17)10-5-4-8-12(9-10)15-14-11-6-2-1-3-7-11/h1-3,6-7,10,14H,4-5,8-9H2,(H,16,17)/b15-12-. The normalized spacial score (nSPS) is 22.4. The first kappa shape index (κ1) is 11.6. The Morgan fingerprint density at radius 2 is 2.12 bits per heavy atom. The number of carboxylic acid groups (broad SMARTS) is 1. The molecule has 0 spiro atoms. The van der Waals surface area contributed by atoms with Crippen LogP contribution in [-0.4, -0.2) is 16.8 Å². The highest BCUT2D eigenvalue weighted by Gasteiger charge is 2.23. The number of hydrogen-bond donors (Lipinski definition) is 2. The molecule has 0 amide bonds. The van der Waals surface area contributed by atoms with Crippen molar-refractivity contribution >= 4 is 17.4 Å². The number of carbonyl (C=O) groups is 1. The van der Waals surface area contributed by atoms with Crippen molar-refractivity contribution in [3.8, 4) is 0 Å². The third-order valence-electron chi connectivity index (χ3n) is 2.97. The summed E-state index contributed by atoms with van der Waals surface area (Å²) in [5.74, 6) is -0.975. The molecule has 0 heterocycles. The van der Waals surface area contributed by atoms with E-state index < -0.39 is 5.97 Å². The van der Waals surface area contributed by atoms with E-state index in [2.05, 4.69) is 10.5 Å². The number of aliphatic carboxylic acids is 1. The summed E-state index contributed by atoms with van der Waals surface area (Å²) in [5, 5.41) is 13.3. The van der Waals surface area contributed by atoms with Crippen molar-refractivity contribution in [1.82, 2.24) is 0 Å². The van der Waals surface area contributed by atoms with E-state index >= 15 is 0 Å². The molecule has 0 saturated heterocycles. The molecule has 4 heteroatoms. The van der Waals surface area contributed by atoms with Crippen molar-refractivity contribution in [2.45, 2.75) is 25.7 Å². The second kappa shape index (κ2) is 5.48. The zero-order chi connectivity index (χ0) is 12.1. The minimum Gasteiger partial charge on any atom is -0.481 e. The maximum atomic E-state index is 10.9. The molecule has 17 heavy (non-hydrogen) atoms. The van der Waals surface area contributed by atoms with Crippen molar-refractivity contribution in [3.05, 3.63) is 30.3 Å². The molecule has 1 aromatic rings. The molecule has 2 rings (SSSR count). The third-order valence-corrected chi connectivity index (χ3v) is 2.97. The van der Waals surface area contributed by atoms with Crippen molar-refractivity contribution < 1.29 is 9.90 Å². The molecule has 0 radical (unpaired) electrons. The highest BCUT2D eigenvalue weighted by atomic mass is 16.4. The zero-order valence-electron chi connectivity index (χ0n) is 9.60. The van der Waals surface area contributed by atoms with Gasteiger partial charge in [-0.3, -0.25) is 10.2 Å². The van der Waals surface area contributed by atoms with Gasteiger partial charge in [0.05, 0.1) is 11.6 Å². The van der Waals surface area contributed by atoms with Crippen LogP contribution in [0.5, 0.6) is 0 Å². The third kappa shape index (κ3) is 3.31. The van der Waals surface area contributed by atoms with E-state index in [9.17, 15) is 4.79 Å². The fourth-order valence-electron chi connectivity index (χ4n) is 2.01. The summed E-state index contributed by atoms with van der Waals surface area (Å²) >= 11 is 0. The average molecular weight is 232 g/mol. The minimum atomic E-state index is -0.711. The summed E-state index contributed by atoms with van der Waals surface area (Å²) in [4.78, 5) is 10.9. The number of anilines is 1. The van der Waals surface area contributed by atoms with Gasteiger partial charge in [-0.15, -0.1) is 0 Å². The van der Waals surface area contributed by atoms with Gasteiger partial charge < -0.3 is 5.11 Å². The van der Waals surface area contributed by atoms with Gasteiger partial charge in [-0.25, -0.2) is 0 Å². The zero-order valence-corrected chi connectivity index (χ0v) is 9.60. The van der Waals surface area contributed by atoms with Gasteiger partial charge >= 0.3 is 5.97 Å². The Morgan fingerprint density at radius 1 is 1.35 bits per heavy atom. The SMILES string of the molecule is O=C(O)C1CCC/C(=N/Nc2ccccc2)C1. The van der Waals surface area contributed by atoms with Gasteiger partial charge in [-0.2, -0.15) is 5.10 Å². The molecule has 1 fully saturated rings. The number of nitrogens with zero attached hydrogens (tertiary/aromatic N) is 1. The summed E-state index contributed by atoms with van der Waals surface area (Å²) in [5.41, 5.74) is 4.85. The van der Waals surface area contributed by atoms with Gasteiger partial charge in [0.15, 0.2) is 0 Å². The van der Waals surface area contributed by atoms with Crippen LogP contribution in [0.25, 0.3) is 0 Å². The van der Waals surface area contributed by atoms with Crippen LogP contribution in [0.15, 0.2) is 35.4 Å². The van der Waals surface area contributed by atoms with E-state index in [1.165, 1.54) is 0 Å². The molecule has 1 unspecified atom stereocenters. The lowest BCUT2D eigenvalue weighted by atomic mass is 9.88. The fraction of sp³-hybridized carbons (Fsp3) is 0.385. The van der Waals surface area contributed by atoms with Crippen molar-refractivity contribution in [3.63, 3.8) is 0 Å². The molecule has 0 aliphatic heterocycles. The number of nitrogens with one attached hydrogen (secondary N) is 1. The highest BCUT2D eigenvalue weighted by Crippen LogP contribution is 2.22. The Labute approximate surface area is 100 Å². The Bertz CT molecular complexity index is 415. The largest absolute Gasteiger partial charge is 0.481 e. The monoisotopic (exact) mass is 232 g/mol. The second-order valence-corrected chi connectivity index (χ2v) is 4.29. The second-order valence-electron chi connectivity index (χ2n) is 4.29. The van der Waals surface area contributed by atoms with Crippen molar-refractivity contribution in [2.24, 2.45) is 11.0 Å². The quantitative estimate of drug-likeness (QED) is 0.788. The van der Waals surface area contributed by atoms with Gasteiger partial charge in [0, 0.05) is 12.1 Å². The van der Waals surface area contributed by atoms with E-state index in [1.807, 2.05) is 30.3 Å². The molecule has 0 bridgehead atoms. The molecular formula is C13H16N2O2. The first-order valence-corrected chi connectivity index (χ1v) is 5.85. The summed E-state index contributed by atoms with van der Waals surface area (Å²) in [6.45, 7) is 0. The minimum absolute atomic E-state index is 0.264. The predicted molar refractivity (Wildman–Crippen MR) is 67.1 cm³/mol. The fourth-order valence-corrected chi connectivity index (χ4v) is 2.01. The van der Waals surface area contributed by atoms with E-state index in [-0.39, 0.29) is 5.92 Å². The topological polar surface area (TPSA) is 61.7 Å². The van der Waals surface area contributed by atoms with Crippen LogP contribution < -0.4 is 5.43 Å². The Morgan fingerprint density at radius 3 is 2.82 bits per heavy atom. The highest BCUT2D eigenvalue weighted by molar-refractivity contribution is 5.89. The van der Waals surface area contributed by atoms with Gasteiger partial charge in [0.1, 0.15) is 0 Å². The number of benzene rings is 1. The summed E-state index contributed by atoms with van der Waals surface area (Å²) in [6, 6.07) is 9.68. The molecule has 1 atom stereocenters. The van der Waals surface area contributed by atoms with Crippen LogP contribution in [0.3, 0.4) is 0 Å². The van der Waals surface area contributed by atoms with Crippen LogP contribution in [0.1, 0.15) is 25.7 Å². The van der Waals surface area contributed by atoms with Gasteiger partial charge in [-0.1, -0.05) is 18.2 Å². The number of carboxylic acids is 1. The maximum absolute atomic E-state index is 10.9. The predicted octanol–water partition coefficient (Wildman–Crippen LogP) is 2.73. The van der Waals surface area contributed by atoms with Crippen LogP contribution in [-0.2, 0) is 4.79 Å². The molecule has 1 aliphatic carbocycles. The smallest absolute Gasteiger partial charge is 0.306 e. The lowest BCUT2D eigenvalue weighted by Crippen LogP contribution is -2.23. The molecule has 1 aromatic carbocycles. The lowest BCUT2D eigenvalue weighted by Gasteiger charge is -2.19. The summed E-state index contributed by atoms with van der Waals surface area (Å²) in [6.07, 6.45) is 3.13.